The van der Waals surface area contributed by atoms with E-state index >= 15 is 0 Å². The Kier molecular flexibility index (Phi) is 4.01. The van der Waals surface area contributed by atoms with Crippen LogP contribution in [0.2, 0.25) is 0 Å². The summed E-state index contributed by atoms with van der Waals surface area (Å²) in [6.07, 6.45) is 4.36. The molecule has 0 radical (unpaired) electrons. The normalized spacial score (nSPS) is 25.3. The molecule has 21 heavy (non-hydrogen) atoms. The standard InChI is InChI=1S/C16H22N2O3/c1-21-11-6-7-15(19)12(10-11)16(20)18-9-3-5-14(18)13-4-2-8-17-13/h6-7,10,13-14,17,19H,2-5,8-9H2,1H3. The minimum atomic E-state index is -0.0948. The molecule has 5 heteroatoms. The summed E-state index contributed by atoms with van der Waals surface area (Å²) in [5.41, 5.74) is 0.333. The van der Waals surface area contributed by atoms with Gasteiger partial charge < -0.3 is 20.1 Å². The maximum Gasteiger partial charge on any atom is 0.258 e. The van der Waals surface area contributed by atoms with Crippen molar-refractivity contribution in [1.82, 2.24) is 10.2 Å². The zero-order valence-electron chi connectivity index (χ0n) is 12.3. The number of hydrogen-bond donors (Lipinski definition) is 2. The Morgan fingerprint density at radius 2 is 2.24 bits per heavy atom. The highest BCUT2D eigenvalue weighted by Gasteiger charge is 2.36. The molecule has 0 bridgehead atoms. The predicted octanol–water partition coefficient (Wildman–Crippen LogP) is 1.76. The molecule has 1 amide bonds. The van der Waals surface area contributed by atoms with Gasteiger partial charge in [0.15, 0.2) is 0 Å². The third-order valence-corrected chi connectivity index (χ3v) is 4.56. The summed E-state index contributed by atoms with van der Waals surface area (Å²) in [5, 5.41) is 13.5. The molecule has 2 atom stereocenters. The molecule has 5 nitrogen and oxygen atoms in total. The smallest absolute Gasteiger partial charge is 0.258 e. The summed E-state index contributed by atoms with van der Waals surface area (Å²) in [6.45, 7) is 1.80. The minimum absolute atomic E-state index is 0.0193. The van der Waals surface area contributed by atoms with E-state index in [9.17, 15) is 9.90 Å². The number of ether oxygens (including phenoxy) is 1. The Hall–Kier alpha value is -1.75. The monoisotopic (exact) mass is 290 g/mol. The van der Waals surface area contributed by atoms with Gasteiger partial charge in [0.25, 0.3) is 5.91 Å². The number of rotatable bonds is 3. The number of phenolic OH excluding ortho intramolecular Hbond substituents is 1. The van der Waals surface area contributed by atoms with Gasteiger partial charge in [-0.2, -0.15) is 0 Å². The van der Waals surface area contributed by atoms with Crippen molar-refractivity contribution < 1.29 is 14.6 Å². The number of amides is 1. The van der Waals surface area contributed by atoms with Crippen molar-refractivity contribution in [2.24, 2.45) is 0 Å². The molecule has 0 aliphatic carbocycles. The number of phenols is 1. The molecule has 2 unspecified atom stereocenters. The lowest BCUT2D eigenvalue weighted by atomic mass is 10.0. The lowest BCUT2D eigenvalue weighted by molar-refractivity contribution is 0.0708. The first-order chi connectivity index (χ1) is 10.2. The van der Waals surface area contributed by atoms with Crippen LogP contribution in [0, 0.1) is 0 Å². The number of nitrogens with one attached hydrogen (secondary N) is 1. The number of methoxy groups -OCH3 is 1. The molecule has 0 spiro atoms. The second kappa shape index (κ2) is 5.93. The number of aromatic hydroxyl groups is 1. The average Bonchev–Trinajstić information content (AvgIpc) is 3.17. The van der Waals surface area contributed by atoms with E-state index in [2.05, 4.69) is 5.32 Å². The number of benzene rings is 1. The van der Waals surface area contributed by atoms with E-state index in [1.165, 1.54) is 12.5 Å². The van der Waals surface area contributed by atoms with Gasteiger partial charge in [-0.1, -0.05) is 0 Å². The molecule has 2 fully saturated rings. The van der Waals surface area contributed by atoms with Gasteiger partial charge in [0.1, 0.15) is 11.5 Å². The van der Waals surface area contributed by atoms with E-state index in [-0.39, 0.29) is 17.7 Å². The van der Waals surface area contributed by atoms with Crippen LogP contribution in [-0.2, 0) is 0 Å². The first-order valence-corrected chi connectivity index (χ1v) is 7.62. The maximum atomic E-state index is 12.8. The Morgan fingerprint density at radius 3 is 2.95 bits per heavy atom. The first-order valence-electron chi connectivity index (χ1n) is 7.62. The average molecular weight is 290 g/mol. The van der Waals surface area contributed by atoms with Crippen molar-refractivity contribution >= 4 is 5.91 Å². The van der Waals surface area contributed by atoms with E-state index in [0.717, 1.165) is 32.4 Å². The van der Waals surface area contributed by atoms with Gasteiger partial charge in [-0.25, -0.2) is 0 Å². The molecule has 3 rings (SSSR count). The quantitative estimate of drug-likeness (QED) is 0.890. The highest BCUT2D eigenvalue weighted by molar-refractivity contribution is 5.97. The van der Waals surface area contributed by atoms with E-state index < -0.39 is 0 Å². The van der Waals surface area contributed by atoms with Gasteiger partial charge in [-0.05, 0) is 50.4 Å². The van der Waals surface area contributed by atoms with Crippen LogP contribution >= 0.6 is 0 Å². The van der Waals surface area contributed by atoms with Crippen LogP contribution in [0.1, 0.15) is 36.0 Å². The van der Waals surface area contributed by atoms with Gasteiger partial charge in [0.2, 0.25) is 0 Å². The molecule has 2 aliphatic heterocycles. The molecule has 2 N–H and O–H groups in total. The van der Waals surface area contributed by atoms with Crippen LogP contribution < -0.4 is 10.1 Å². The molecular formula is C16H22N2O3. The van der Waals surface area contributed by atoms with Crippen LogP contribution in [0.3, 0.4) is 0 Å². The Labute approximate surface area is 124 Å². The largest absolute Gasteiger partial charge is 0.507 e. The van der Waals surface area contributed by atoms with Gasteiger partial charge in [0, 0.05) is 18.6 Å². The predicted molar refractivity (Wildman–Crippen MR) is 79.7 cm³/mol. The molecule has 1 aromatic rings. The van der Waals surface area contributed by atoms with Crippen LogP contribution in [0.15, 0.2) is 18.2 Å². The Balaban J connectivity index is 1.83. The third-order valence-electron chi connectivity index (χ3n) is 4.56. The molecule has 2 aliphatic rings. The van der Waals surface area contributed by atoms with Crippen molar-refractivity contribution in [3.8, 4) is 11.5 Å². The van der Waals surface area contributed by atoms with E-state index in [1.807, 2.05) is 4.90 Å². The highest BCUT2D eigenvalue weighted by Crippen LogP contribution is 2.30. The zero-order chi connectivity index (χ0) is 14.8. The summed E-state index contributed by atoms with van der Waals surface area (Å²) in [6, 6.07) is 5.43. The van der Waals surface area contributed by atoms with Gasteiger partial charge in [-0.3, -0.25) is 4.79 Å². The van der Waals surface area contributed by atoms with E-state index in [1.54, 1.807) is 19.2 Å². The Bertz CT molecular complexity index is 526. The molecule has 0 aromatic heterocycles. The molecule has 2 saturated heterocycles. The molecule has 1 aromatic carbocycles. The van der Waals surface area contributed by atoms with Crippen LogP contribution in [0.4, 0.5) is 0 Å². The molecule has 114 valence electrons. The molecule has 0 saturated carbocycles. The molecule has 2 heterocycles. The number of nitrogens with zero attached hydrogens (tertiary/aromatic N) is 1. The fourth-order valence-corrected chi connectivity index (χ4v) is 3.47. The minimum Gasteiger partial charge on any atom is -0.507 e. The number of hydrogen-bond acceptors (Lipinski definition) is 4. The van der Waals surface area contributed by atoms with Crippen LogP contribution in [0.25, 0.3) is 0 Å². The highest BCUT2D eigenvalue weighted by atomic mass is 16.5. The second-order valence-electron chi connectivity index (χ2n) is 5.79. The fraction of sp³-hybridized carbons (Fsp3) is 0.562. The van der Waals surface area contributed by atoms with Crippen molar-refractivity contribution in [3.63, 3.8) is 0 Å². The summed E-state index contributed by atoms with van der Waals surface area (Å²) < 4.78 is 5.16. The Morgan fingerprint density at radius 1 is 1.38 bits per heavy atom. The fourth-order valence-electron chi connectivity index (χ4n) is 3.47. The van der Waals surface area contributed by atoms with Gasteiger partial charge in [0.05, 0.1) is 12.7 Å². The third kappa shape index (κ3) is 2.70. The lowest BCUT2D eigenvalue weighted by Gasteiger charge is -2.29. The van der Waals surface area contributed by atoms with Crippen molar-refractivity contribution in [3.05, 3.63) is 23.8 Å². The van der Waals surface area contributed by atoms with Crippen LogP contribution in [0.5, 0.6) is 11.5 Å². The second-order valence-corrected chi connectivity index (χ2v) is 5.79. The zero-order valence-corrected chi connectivity index (χ0v) is 12.3. The van der Waals surface area contributed by atoms with E-state index in [4.69, 9.17) is 4.74 Å². The summed E-state index contributed by atoms with van der Waals surface area (Å²) in [5.74, 6) is 0.513. The van der Waals surface area contributed by atoms with Gasteiger partial charge >= 0.3 is 0 Å². The maximum absolute atomic E-state index is 12.8. The van der Waals surface area contributed by atoms with Gasteiger partial charge in [-0.15, -0.1) is 0 Å². The topological polar surface area (TPSA) is 61.8 Å². The van der Waals surface area contributed by atoms with Crippen LogP contribution in [-0.4, -0.2) is 48.2 Å². The SMILES string of the molecule is COc1ccc(O)c(C(=O)N2CCCC2C2CCCN2)c1. The summed E-state index contributed by atoms with van der Waals surface area (Å²) in [4.78, 5) is 14.7. The van der Waals surface area contributed by atoms with E-state index in [0.29, 0.717) is 17.4 Å². The van der Waals surface area contributed by atoms with Crippen molar-refractivity contribution in [1.29, 1.82) is 0 Å². The first kappa shape index (κ1) is 14.2. The molecular weight excluding hydrogens is 268 g/mol. The number of likely N-dealkylation sites (tertiary alicyclic amines) is 1. The summed E-state index contributed by atoms with van der Waals surface area (Å²) in [7, 11) is 1.56. The number of carbonyl (C=O) groups is 1. The van der Waals surface area contributed by atoms with Crippen molar-refractivity contribution in [2.75, 3.05) is 20.2 Å². The summed E-state index contributed by atoms with van der Waals surface area (Å²) >= 11 is 0. The lowest BCUT2D eigenvalue weighted by Crippen LogP contribution is -2.46. The van der Waals surface area contributed by atoms with Crippen molar-refractivity contribution in [2.45, 2.75) is 37.8 Å². The number of carbonyl (C=O) groups excluding carboxylic acids is 1.